The molecule has 94 valence electrons. The smallest absolute Gasteiger partial charge is 0.344 e. The topological polar surface area (TPSA) is 66.8 Å². The Morgan fingerprint density at radius 3 is 2.71 bits per heavy atom. The number of carboxylic acids is 1. The zero-order valence-corrected chi connectivity index (χ0v) is 10.1. The van der Waals surface area contributed by atoms with E-state index >= 15 is 0 Å². The van der Waals surface area contributed by atoms with Crippen molar-refractivity contribution in [1.29, 1.82) is 0 Å². The lowest BCUT2D eigenvalue weighted by molar-refractivity contribution is -0.145. The summed E-state index contributed by atoms with van der Waals surface area (Å²) in [5.74, 6) is -0.487. The van der Waals surface area contributed by atoms with Gasteiger partial charge in [-0.15, -0.1) is 0 Å². The maximum absolute atomic E-state index is 10.9. The van der Waals surface area contributed by atoms with Gasteiger partial charge in [-0.1, -0.05) is 25.5 Å². The van der Waals surface area contributed by atoms with Crippen molar-refractivity contribution in [1.82, 2.24) is 0 Å². The molecule has 0 amide bonds. The molecular weight excluding hydrogens is 220 g/mol. The number of hydrogen-bond donors (Lipinski definition) is 2. The molecule has 1 aromatic carbocycles. The van der Waals surface area contributed by atoms with E-state index in [1.807, 2.05) is 6.92 Å². The predicted octanol–water partition coefficient (Wildman–Crippen LogP) is 2.37. The van der Waals surface area contributed by atoms with E-state index in [4.69, 9.17) is 9.84 Å². The van der Waals surface area contributed by atoms with Gasteiger partial charge in [0, 0.05) is 0 Å². The van der Waals surface area contributed by atoms with Crippen molar-refractivity contribution in [3.8, 4) is 5.75 Å². The molecule has 0 aliphatic rings. The lowest BCUT2D eigenvalue weighted by Gasteiger charge is -2.15. The van der Waals surface area contributed by atoms with E-state index in [0.717, 1.165) is 6.42 Å². The molecule has 0 aromatic heterocycles. The van der Waals surface area contributed by atoms with E-state index in [2.05, 4.69) is 0 Å². The molecule has 0 fully saturated rings. The molecule has 0 heterocycles. The number of hydrogen-bond acceptors (Lipinski definition) is 3. The first-order valence-electron chi connectivity index (χ1n) is 5.72. The second kappa shape index (κ2) is 6.25. The molecule has 4 heteroatoms. The van der Waals surface area contributed by atoms with Crippen LogP contribution in [0, 0.1) is 0 Å². The highest BCUT2D eigenvalue weighted by Gasteiger charge is 2.18. The number of rotatable bonds is 6. The van der Waals surface area contributed by atoms with Crippen molar-refractivity contribution in [2.75, 3.05) is 0 Å². The summed E-state index contributed by atoms with van der Waals surface area (Å²) in [4.78, 5) is 10.9. The summed E-state index contributed by atoms with van der Waals surface area (Å²) in [6.45, 7) is 3.56. The molecule has 1 rings (SSSR count). The van der Waals surface area contributed by atoms with E-state index in [1.165, 1.54) is 0 Å². The normalized spacial score (nSPS) is 14.1. The summed E-state index contributed by atoms with van der Waals surface area (Å²) in [5.41, 5.74) is 0.711. The Labute approximate surface area is 101 Å². The average Bonchev–Trinajstić information content (AvgIpc) is 2.28. The fourth-order valence-electron chi connectivity index (χ4n) is 1.51. The van der Waals surface area contributed by atoms with Crippen molar-refractivity contribution in [3.63, 3.8) is 0 Å². The fraction of sp³-hybridized carbons (Fsp3) is 0.462. The van der Waals surface area contributed by atoms with E-state index in [0.29, 0.717) is 17.7 Å². The molecule has 1 unspecified atom stereocenters. The molecule has 0 aliphatic carbocycles. The number of carboxylic acid groups (broad SMARTS) is 1. The zero-order valence-electron chi connectivity index (χ0n) is 10.1. The highest BCUT2D eigenvalue weighted by atomic mass is 16.5. The summed E-state index contributed by atoms with van der Waals surface area (Å²) >= 11 is 0. The van der Waals surface area contributed by atoms with Crippen molar-refractivity contribution in [3.05, 3.63) is 29.8 Å². The summed E-state index contributed by atoms with van der Waals surface area (Å²) in [7, 11) is 0. The lowest BCUT2D eigenvalue weighted by Crippen LogP contribution is -2.26. The van der Waals surface area contributed by atoms with Crippen LogP contribution in [0.15, 0.2) is 24.3 Å². The summed E-state index contributed by atoms with van der Waals surface area (Å²) < 4.78 is 5.40. The first-order valence-corrected chi connectivity index (χ1v) is 5.72. The molecule has 0 spiro atoms. The molecule has 0 radical (unpaired) electrons. The second-order valence-electron chi connectivity index (χ2n) is 3.98. The largest absolute Gasteiger partial charge is 0.479 e. The van der Waals surface area contributed by atoms with Gasteiger partial charge in [0.2, 0.25) is 0 Å². The van der Waals surface area contributed by atoms with Crippen LogP contribution in [0.25, 0.3) is 0 Å². The van der Waals surface area contributed by atoms with Gasteiger partial charge in [-0.25, -0.2) is 4.79 Å². The van der Waals surface area contributed by atoms with Crippen LogP contribution < -0.4 is 4.74 Å². The minimum atomic E-state index is -0.964. The van der Waals surface area contributed by atoms with Crippen LogP contribution in [0.3, 0.4) is 0 Å². The highest BCUT2D eigenvalue weighted by Crippen LogP contribution is 2.20. The minimum absolute atomic E-state index is 0.467. The lowest BCUT2D eigenvalue weighted by atomic mass is 10.1. The van der Waals surface area contributed by atoms with Crippen molar-refractivity contribution < 1.29 is 19.7 Å². The molecule has 2 atom stereocenters. The number of benzene rings is 1. The number of aliphatic hydroxyl groups is 1. The SMILES string of the molecule is CCCC(Oc1cccc([C@H](C)O)c1)C(=O)O. The average molecular weight is 238 g/mol. The highest BCUT2D eigenvalue weighted by molar-refractivity contribution is 5.72. The third kappa shape index (κ3) is 4.07. The van der Waals surface area contributed by atoms with Gasteiger partial charge in [0.25, 0.3) is 0 Å². The zero-order chi connectivity index (χ0) is 12.8. The van der Waals surface area contributed by atoms with Crippen LogP contribution in [0.5, 0.6) is 5.75 Å². The van der Waals surface area contributed by atoms with Gasteiger partial charge in [-0.2, -0.15) is 0 Å². The van der Waals surface area contributed by atoms with Gasteiger partial charge < -0.3 is 14.9 Å². The molecule has 2 N–H and O–H groups in total. The van der Waals surface area contributed by atoms with Crippen LogP contribution in [-0.4, -0.2) is 22.3 Å². The predicted molar refractivity (Wildman–Crippen MR) is 64.0 cm³/mol. The third-order valence-corrected chi connectivity index (χ3v) is 2.45. The van der Waals surface area contributed by atoms with Crippen molar-refractivity contribution in [2.24, 2.45) is 0 Å². The van der Waals surface area contributed by atoms with Gasteiger partial charge in [0.1, 0.15) is 5.75 Å². The quantitative estimate of drug-likeness (QED) is 0.798. The molecule has 17 heavy (non-hydrogen) atoms. The number of aliphatic hydroxyl groups excluding tert-OH is 1. The molecule has 0 aliphatic heterocycles. The van der Waals surface area contributed by atoms with Gasteiger partial charge in [-0.3, -0.25) is 0 Å². The van der Waals surface area contributed by atoms with E-state index in [1.54, 1.807) is 31.2 Å². The monoisotopic (exact) mass is 238 g/mol. The van der Waals surface area contributed by atoms with Crippen molar-refractivity contribution in [2.45, 2.75) is 38.9 Å². The molecule has 0 saturated carbocycles. The van der Waals surface area contributed by atoms with E-state index in [9.17, 15) is 9.90 Å². The maximum atomic E-state index is 10.9. The van der Waals surface area contributed by atoms with Crippen LogP contribution in [0.4, 0.5) is 0 Å². The molecular formula is C13H18O4. The number of ether oxygens (including phenoxy) is 1. The Morgan fingerprint density at radius 2 is 2.18 bits per heavy atom. The molecule has 0 saturated heterocycles. The Kier molecular flexibility index (Phi) is 4.97. The van der Waals surface area contributed by atoms with Gasteiger partial charge in [0.15, 0.2) is 6.10 Å². The van der Waals surface area contributed by atoms with Crippen molar-refractivity contribution >= 4 is 5.97 Å². The minimum Gasteiger partial charge on any atom is -0.479 e. The number of carbonyl (C=O) groups is 1. The van der Waals surface area contributed by atoms with Crippen LogP contribution in [0.1, 0.15) is 38.4 Å². The fourth-order valence-corrected chi connectivity index (χ4v) is 1.51. The molecule has 0 bridgehead atoms. The van der Waals surface area contributed by atoms with Crippen LogP contribution >= 0.6 is 0 Å². The first kappa shape index (κ1) is 13.5. The summed E-state index contributed by atoms with van der Waals surface area (Å²) in [5, 5.41) is 18.4. The molecule has 1 aromatic rings. The summed E-state index contributed by atoms with van der Waals surface area (Å²) in [6.07, 6.45) is -0.210. The van der Waals surface area contributed by atoms with E-state index in [-0.39, 0.29) is 0 Å². The van der Waals surface area contributed by atoms with Gasteiger partial charge in [0.05, 0.1) is 6.10 Å². The Hall–Kier alpha value is -1.55. The van der Waals surface area contributed by atoms with E-state index < -0.39 is 18.2 Å². The standard InChI is InChI=1S/C13H18O4/c1-3-5-12(13(15)16)17-11-7-4-6-10(8-11)9(2)14/h4,6-9,12,14H,3,5H2,1-2H3,(H,15,16)/t9-,12?/m0/s1. The van der Waals surface area contributed by atoms with Gasteiger partial charge >= 0.3 is 5.97 Å². The Bertz CT molecular complexity index is 373. The number of aliphatic carboxylic acids is 1. The Balaban J connectivity index is 2.78. The summed E-state index contributed by atoms with van der Waals surface area (Å²) in [6, 6.07) is 6.86. The third-order valence-electron chi connectivity index (χ3n) is 2.45. The maximum Gasteiger partial charge on any atom is 0.344 e. The second-order valence-corrected chi connectivity index (χ2v) is 3.98. The molecule has 4 nitrogen and oxygen atoms in total. The Morgan fingerprint density at radius 1 is 1.47 bits per heavy atom. The van der Waals surface area contributed by atoms with Crippen LogP contribution in [0.2, 0.25) is 0 Å². The first-order chi connectivity index (χ1) is 8.04. The van der Waals surface area contributed by atoms with Crippen LogP contribution in [-0.2, 0) is 4.79 Å². The van der Waals surface area contributed by atoms with Gasteiger partial charge in [-0.05, 0) is 31.0 Å².